The van der Waals surface area contributed by atoms with Crippen LogP contribution in [-0.2, 0) is 14.3 Å². The van der Waals surface area contributed by atoms with E-state index in [-0.39, 0.29) is 13.0 Å². The molecule has 0 aliphatic heterocycles. The number of ether oxygens (including phenoxy) is 1. The molecular formula is C15H28N2O4. The van der Waals surface area contributed by atoms with Gasteiger partial charge in [-0.2, -0.15) is 0 Å². The van der Waals surface area contributed by atoms with E-state index in [0.29, 0.717) is 12.6 Å². The summed E-state index contributed by atoms with van der Waals surface area (Å²) in [4.78, 5) is 22.4. The molecule has 21 heavy (non-hydrogen) atoms. The van der Waals surface area contributed by atoms with Crippen molar-refractivity contribution in [1.82, 2.24) is 10.6 Å². The quantitative estimate of drug-likeness (QED) is 0.416. The van der Waals surface area contributed by atoms with E-state index in [1.807, 2.05) is 0 Å². The Balaban J connectivity index is 2.12. The summed E-state index contributed by atoms with van der Waals surface area (Å²) in [7, 11) is 0. The van der Waals surface area contributed by atoms with Crippen LogP contribution in [0.3, 0.4) is 0 Å². The molecule has 0 aromatic carbocycles. The predicted octanol–water partition coefficient (Wildman–Crippen LogP) is 1.29. The fraction of sp³-hybridized carbons (Fsp3) is 0.867. The summed E-state index contributed by atoms with van der Waals surface area (Å²) in [6, 6.07) is -0.243. The molecule has 1 rings (SSSR count). The van der Waals surface area contributed by atoms with Gasteiger partial charge in [0.15, 0.2) is 0 Å². The number of rotatable bonds is 10. The molecule has 0 saturated heterocycles. The predicted molar refractivity (Wildman–Crippen MR) is 80.2 cm³/mol. The zero-order valence-electron chi connectivity index (χ0n) is 12.9. The van der Waals surface area contributed by atoms with Gasteiger partial charge in [-0.25, -0.2) is 0 Å². The first-order chi connectivity index (χ1) is 10.1. The average Bonchev–Trinajstić information content (AvgIpc) is 2.47. The van der Waals surface area contributed by atoms with E-state index in [4.69, 9.17) is 9.84 Å². The summed E-state index contributed by atoms with van der Waals surface area (Å²) in [5.41, 5.74) is 0. The van der Waals surface area contributed by atoms with Gasteiger partial charge in [0.05, 0.1) is 13.0 Å². The number of carboxylic acid groups (broad SMARTS) is 1. The van der Waals surface area contributed by atoms with E-state index in [0.717, 1.165) is 13.0 Å². The molecule has 0 heterocycles. The molecule has 0 aromatic heterocycles. The van der Waals surface area contributed by atoms with Crippen molar-refractivity contribution >= 4 is 11.9 Å². The van der Waals surface area contributed by atoms with E-state index >= 15 is 0 Å². The molecule has 0 aromatic rings. The van der Waals surface area contributed by atoms with Crippen LogP contribution in [0.15, 0.2) is 0 Å². The van der Waals surface area contributed by atoms with E-state index in [9.17, 15) is 9.59 Å². The fourth-order valence-corrected chi connectivity index (χ4v) is 2.61. The first-order valence-corrected chi connectivity index (χ1v) is 7.98. The third-order valence-corrected chi connectivity index (χ3v) is 3.76. The maximum absolute atomic E-state index is 11.3. The Hall–Kier alpha value is -1.14. The second-order valence-electron chi connectivity index (χ2n) is 5.50. The van der Waals surface area contributed by atoms with Gasteiger partial charge in [-0.1, -0.05) is 19.3 Å². The lowest BCUT2D eigenvalue weighted by atomic mass is 9.95. The Kier molecular flexibility index (Phi) is 9.01. The smallest absolute Gasteiger partial charge is 0.321 e. The Bertz CT molecular complexity index is 317. The number of carbonyl (C=O) groups is 2. The lowest BCUT2D eigenvalue weighted by molar-refractivity contribution is -0.149. The van der Waals surface area contributed by atoms with Crippen molar-refractivity contribution in [2.24, 2.45) is 0 Å². The largest absolute Gasteiger partial charge is 0.480 e. The Morgan fingerprint density at radius 3 is 2.57 bits per heavy atom. The highest BCUT2D eigenvalue weighted by atomic mass is 16.5. The minimum atomic E-state index is -1.01. The number of esters is 1. The van der Waals surface area contributed by atoms with Crippen LogP contribution in [0.25, 0.3) is 0 Å². The van der Waals surface area contributed by atoms with Gasteiger partial charge in [0.25, 0.3) is 0 Å². The fourth-order valence-electron chi connectivity index (χ4n) is 2.61. The molecule has 1 fully saturated rings. The van der Waals surface area contributed by atoms with Crippen LogP contribution in [0.2, 0.25) is 0 Å². The number of hydrogen-bond donors (Lipinski definition) is 3. The van der Waals surface area contributed by atoms with Gasteiger partial charge in [-0.05, 0) is 39.3 Å². The van der Waals surface area contributed by atoms with Crippen molar-refractivity contribution < 1.29 is 19.4 Å². The van der Waals surface area contributed by atoms with Gasteiger partial charge >= 0.3 is 11.9 Å². The van der Waals surface area contributed by atoms with Crippen LogP contribution in [0.5, 0.6) is 0 Å². The molecular weight excluding hydrogens is 272 g/mol. The minimum absolute atomic E-state index is 0.126. The molecule has 0 unspecified atom stereocenters. The van der Waals surface area contributed by atoms with Gasteiger partial charge < -0.3 is 20.5 Å². The molecule has 1 aliphatic carbocycles. The molecule has 122 valence electrons. The number of carboxylic acids is 1. The maximum Gasteiger partial charge on any atom is 0.321 e. The summed E-state index contributed by atoms with van der Waals surface area (Å²) < 4.78 is 4.77. The molecule has 1 saturated carbocycles. The van der Waals surface area contributed by atoms with E-state index in [1.54, 1.807) is 6.92 Å². The van der Waals surface area contributed by atoms with Crippen molar-refractivity contribution in [3.63, 3.8) is 0 Å². The molecule has 3 N–H and O–H groups in total. The third-order valence-electron chi connectivity index (χ3n) is 3.76. The third kappa shape index (κ3) is 8.02. The van der Waals surface area contributed by atoms with Gasteiger partial charge in [-0.3, -0.25) is 9.59 Å². The van der Waals surface area contributed by atoms with Crippen molar-refractivity contribution in [2.45, 2.75) is 64.0 Å². The summed E-state index contributed by atoms with van der Waals surface area (Å²) in [6.07, 6.45) is 7.16. The van der Waals surface area contributed by atoms with Crippen LogP contribution in [0.4, 0.5) is 0 Å². The van der Waals surface area contributed by atoms with Crippen LogP contribution < -0.4 is 10.6 Å². The topological polar surface area (TPSA) is 87.7 Å². The molecule has 0 amide bonds. The average molecular weight is 300 g/mol. The normalized spacial score (nSPS) is 17.4. The van der Waals surface area contributed by atoms with Crippen LogP contribution in [0.1, 0.15) is 51.9 Å². The van der Waals surface area contributed by atoms with Crippen molar-refractivity contribution in [3.8, 4) is 0 Å². The molecule has 0 radical (unpaired) electrons. The number of nitrogens with one attached hydrogen (secondary N) is 2. The van der Waals surface area contributed by atoms with Gasteiger partial charge in [0.1, 0.15) is 6.04 Å². The zero-order valence-corrected chi connectivity index (χ0v) is 12.9. The van der Waals surface area contributed by atoms with Crippen molar-refractivity contribution in [3.05, 3.63) is 0 Å². The second kappa shape index (κ2) is 10.6. The minimum Gasteiger partial charge on any atom is -0.480 e. The SMILES string of the molecule is CCOC(=O)C[C@H](NCCCNC1CCCCC1)C(=O)O. The number of hydrogen-bond acceptors (Lipinski definition) is 5. The van der Waals surface area contributed by atoms with Crippen molar-refractivity contribution in [1.29, 1.82) is 0 Å². The molecule has 6 nitrogen and oxygen atoms in total. The highest BCUT2D eigenvalue weighted by Gasteiger charge is 2.21. The lowest BCUT2D eigenvalue weighted by Gasteiger charge is -2.23. The summed E-state index contributed by atoms with van der Waals surface area (Å²) in [5, 5.41) is 15.5. The molecule has 6 heteroatoms. The Labute approximate surface area is 126 Å². The lowest BCUT2D eigenvalue weighted by Crippen LogP contribution is -2.40. The van der Waals surface area contributed by atoms with E-state index < -0.39 is 18.0 Å². The first kappa shape index (κ1) is 17.9. The van der Waals surface area contributed by atoms with Crippen LogP contribution in [0, 0.1) is 0 Å². The maximum atomic E-state index is 11.3. The standard InChI is InChI=1S/C15H28N2O4/c1-2-21-14(18)11-13(15(19)20)17-10-6-9-16-12-7-4-3-5-8-12/h12-13,16-17H,2-11H2,1H3,(H,19,20)/t13-/m0/s1. The zero-order chi connectivity index (χ0) is 15.5. The molecule has 1 atom stereocenters. The summed E-state index contributed by atoms with van der Waals surface area (Å²) in [6.45, 7) is 3.44. The second-order valence-corrected chi connectivity index (χ2v) is 5.50. The molecule has 1 aliphatic rings. The Morgan fingerprint density at radius 1 is 1.24 bits per heavy atom. The van der Waals surface area contributed by atoms with Crippen LogP contribution >= 0.6 is 0 Å². The Morgan fingerprint density at radius 2 is 1.95 bits per heavy atom. The highest BCUT2D eigenvalue weighted by Crippen LogP contribution is 2.17. The van der Waals surface area contributed by atoms with E-state index in [2.05, 4.69) is 10.6 Å². The highest BCUT2D eigenvalue weighted by molar-refractivity contribution is 5.81. The molecule has 0 bridgehead atoms. The summed E-state index contributed by atoms with van der Waals surface area (Å²) >= 11 is 0. The number of carbonyl (C=O) groups excluding carboxylic acids is 1. The molecule has 0 spiro atoms. The van der Waals surface area contributed by atoms with Gasteiger partial charge in [0, 0.05) is 6.04 Å². The van der Waals surface area contributed by atoms with E-state index in [1.165, 1.54) is 32.1 Å². The van der Waals surface area contributed by atoms with Crippen LogP contribution in [-0.4, -0.2) is 48.8 Å². The van der Waals surface area contributed by atoms with Gasteiger partial charge in [-0.15, -0.1) is 0 Å². The van der Waals surface area contributed by atoms with Gasteiger partial charge in [0.2, 0.25) is 0 Å². The summed E-state index contributed by atoms with van der Waals surface area (Å²) in [5.74, 6) is -1.49. The monoisotopic (exact) mass is 300 g/mol. The first-order valence-electron chi connectivity index (χ1n) is 7.98. The van der Waals surface area contributed by atoms with Crippen molar-refractivity contribution in [2.75, 3.05) is 19.7 Å². The number of aliphatic carboxylic acids is 1.